The molecule has 1 heterocycles. The maximum atomic E-state index is 12.2. The number of nitrogens with one attached hydrogen (secondary N) is 2. The molecule has 0 spiro atoms. The minimum atomic E-state index is -0.678. The molecule has 0 aromatic carbocycles. The first-order valence-electron chi connectivity index (χ1n) is 10.7. The molecular weight excluding hydrogens is 471 g/mol. The summed E-state index contributed by atoms with van der Waals surface area (Å²) in [5.41, 5.74) is 0. The lowest BCUT2D eigenvalue weighted by Gasteiger charge is -2.37. The molecule has 0 bridgehead atoms. The van der Waals surface area contributed by atoms with Crippen molar-refractivity contribution in [3.63, 3.8) is 0 Å². The Morgan fingerprint density at radius 3 is 2.67 bits per heavy atom. The van der Waals surface area contributed by atoms with Gasteiger partial charge in [0.15, 0.2) is 5.96 Å². The second kappa shape index (κ2) is 13.4. The minimum absolute atomic E-state index is 0. The zero-order valence-electron chi connectivity index (χ0n) is 17.7. The quantitative estimate of drug-likeness (QED) is 0.312. The average molecular weight is 513 g/mol. The Labute approximate surface area is 186 Å². The van der Waals surface area contributed by atoms with Crippen LogP contribution in [0.1, 0.15) is 72.6 Å². The van der Waals surface area contributed by atoms with Gasteiger partial charge in [0.25, 0.3) is 0 Å². The molecule has 5 unspecified atom stereocenters. The molecule has 0 radical (unpaired) electrons. The molecule has 0 aromatic heterocycles. The number of hydrogen-bond donors (Lipinski definition) is 2. The highest BCUT2D eigenvalue weighted by atomic mass is 127. The number of aliphatic imine (C=N–C) groups is 1. The molecule has 1 saturated carbocycles. The number of nitrogens with zero attached hydrogens (tertiary/aromatic N) is 2. The van der Waals surface area contributed by atoms with Crippen molar-refractivity contribution in [2.45, 2.75) is 96.0 Å². The Kier molecular flexibility index (Phi) is 12.4. The smallest absolute Gasteiger partial charge is 0.191 e. The second-order valence-electron chi connectivity index (χ2n) is 7.95. The molecule has 0 amide bonds. The summed E-state index contributed by atoms with van der Waals surface area (Å²) in [5, 5.41) is 7.37. The van der Waals surface area contributed by atoms with Gasteiger partial charge in [0.1, 0.15) is 0 Å². The maximum Gasteiger partial charge on any atom is 0.191 e. The number of piperidine rings is 1. The number of hydrogen-bond acceptors (Lipinski definition) is 3. The Morgan fingerprint density at radius 2 is 2.00 bits per heavy atom. The number of guanidine groups is 1. The van der Waals surface area contributed by atoms with E-state index >= 15 is 0 Å². The molecule has 2 rings (SSSR count). The summed E-state index contributed by atoms with van der Waals surface area (Å²) >= 11 is 0. The largest absolute Gasteiger partial charge is 0.357 e. The summed E-state index contributed by atoms with van der Waals surface area (Å²) in [6.07, 6.45) is 8.41. The standard InChI is InChI=1S/C20H40N4OS.HI/c1-5-21-20(22-15-17(4)24-13-8-7-10-16(24)3)23-18-11-9-12-19(14-18)26(25)6-2;/h16-19H,5-15H2,1-4H3,(H2,21,22,23);1H. The van der Waals surface area contributed by atoms with Gasteiger partial charge in [-0.1, -0.05) is 19.8 Å². The average Bonchev–Trinajstić information content (AvgIpc) is 2.66. The first-order chi connectivity index (χ1) is 12.5. The SMILES string of the molecule is CCNC(=NCC(C)N1CCCCC1C)NC1CCCC(S(=O)CC)C1.I. The van der Waals surface area contributed by atoms with E-state index in [1.54, 1.807) is 0 Å². The normalized spacial score (nSPS) is 29.5. The molecule has 160 valence electrons. The van der Waals surface area contributed by atoms with Crippen molar-refractivity contribution >= 4 is 40.7 Å². The van der Waals surface area contributed by atoms with Crippen LogP contribution in [-0.4, -0.2) is 63.8 Å². The molecule has 1 aliphatic carbocycles. The van der Waals surface area contributed by atoms with Crippen LogP contribution >= 0.6 is 24.0 Å². The molecule has 0 aromatic rings. The van der Waals surface area contributed by atoms with Gasteiger partial charge in [0.05, 0.1) is 6.54 Å². The molecule has 5 atom stereocenters. The van der Waals surface area contributed by atoms with E-state index in [9.17, 15) is 4.21 Å². The van der Waals surface area contributed by atoms with Gasteiger partial charge in [0.2, 0.25) is 0 Å². The van der Waals surface area contributed by atoms with E-state index in [0.717, 1.165) is 50.5 Å². The van der Waals surface area contributed by atoms with Crippen LogP contribution in [0.3, 0.4) is 0 Å². The van der Waals surface area contributed by atoms with Crippen LogP contribution in [-0.2, 0) is 10.8 Å². The fourth-order valence-corrected chi connectivity index (χ4v) is 5.72. The van der Waals surface area contributed by atoms with Crippen molar-refractivity contribution in [2.24, 2.45) is 4.99 Å². The molecule has 1 aliphatic heterocycles. The van der Waals surface area contributed by atoms with Crippen LogP contribution in [0.2, 0.25) is 0 Å². The predicted molar refractivity (Wildman–Crippen MR) is 129 cm³/mol. The van der Waals surface area contributed by atoms with E-state index < -0.39 is 10.8 Å². The van der Waals surface area contributed by atoms with Gasteiger partial charge in [-0.15, -0.1) is 24.0 Å². The van der Waals surface area contributed by atoms with E-state index in [0.29, 0.717) is 23.4 Å². The second-order valence-corrected chi connectivity index (χ2v) is 9.96. The van der Waals surface area contributed by atoms with Crippen LogP contribution in [0, 0.1) is 0 Å². The highest BCUT2D eigenvalue weighted by Crippen LogP contribution is 2.23. The third-order valence-electron chi connectivity index (χ3n) is 5.90. The minimum Gasteiger partial charge on any atom is -0.357 e. The van der Waals surface area contributed by atoms with Crippen molar-refractivity contribution in [1.29, 1.82) is 0 Å². The van der Waals surface area contributed by atoms with E-state index in [1.807, 2.05) is 6.92 Å². The predicted octanol–water partition coefficient (Wildman–Crippen LogP) is 3.50. The van der Waals surface area contributed by atoms with E-state index in [2.05, 4.69) is 36.3 Å². The Balaban J connectivity index is 0.00000364. The summed E-state index contributed by atoms with van der Waals surface area (Å²) in [5.74, 6) is 1.70. The van der Waals surface area contributed by atoms with Crippen LogP contribution in [0.15, 0.2) is 4.99 Å². The lowest BCUT2D eigenvalue weighted by Crippen LogP contribution is -2.48. The highest BCUT2D eigenvalue weighted by Gasteiger charge is 2.26. The van der Waals surface area contributed by atoms with Crippen LogP contribution in [0.25, 0.3) is 0 Å². The maximum absolute atomic E-state index is 12.2. The van der Waals surface area contributed by atoms with Crippen molar-refractivity contribution in [1.82, 2.24) is 15.5 Å². The van der Waals surface area contributed by atoms with Gasteiger partial charge in [-0.25, -0.2) is 0 Å². The van der Waals surface area contributed by atoms with E-state index in [-0.39, 0.29) is 24.0 Å². The van der Waals surface area contributed by atoms with Gasteiger partial charge in [-0.05, 0) is 59.4 Å². The number of rotatable bonds is 7. The Bertz CT molecular complexity index is 477. The van der Waals surface area contributed by atoms with E-state index in [1.165, 1.54) is 25.8 Å². The van der Waals surface area contributed by atoms with Gasteiger partial charge >= 0.3 is 0 Å². The summed E-state index contributed by atoms with van der Waals surface area (Å²) in [6.45, 7) is 11.7. The van der Waals surface area contributed by atoms with Crippen molar-refractivity contribution < 1.29 is 4.21 Å². The summed E-state index contributed by atoms with van der Waals surface area (Å²) < 4.78 is 12.2. The molecule has 5 nitrogen and oxygen atoms in total. The first kappa shape index (κ1) is 25.1. The molecule has 2 aliphatic rings. The topological polar surface area (TPSA) is 56.7 Å². The third kappa shape index (κ3) is 8.17. The molecule has 2 N–H and O–H groups in total. The first-order valence-corrected chi connectivity index (χ1v) is 12.1. The van der Waals surface area contributed by atoms with Gasteiger partial charge in [-0.2, -0.15) is 0 Å². The van der Waals surface area contributed by atoms with Gasteiger partial charge < -0.3 is 10.6 Å². The monoisotopic (exact) mass is 512 g/mol. The lowest BCUT2D eigenvalue weighted by atomic mass is 9.95. The van der Waals surface area contributed by atoms with Crippen LogP contribution in [0.5, 0.6) is 0 Å². The van der Waals surface area contributed by atoms with Crippen LogP contribution < -0.4 is 10.6 Å². The highest BCUT2D eigenvalue weighted by molar-refractivity contribution is 14.0. The number of likely N-dealkylation sites (tertiary alicyclic amines) is 1. The zero-order chi connectivity index (χ0) is 18.9. The summed E-state index contributed by atoms with van der Waals surface area (Å²) in [4.78, 5) is 7.49. The summed E-state index contributed by atoms with van der Waals surface area (Å²) in [7, 11) is -0.678. The van der Waals surface area contributed by atoms with Gasteiger partial charge in [-0.3, -0.25) is 14.1 Å². The fourth-order valence-electron chi connectivity index (χ4n) is 4.37. The molecule has 1 saturated heterocycles. The van der Waals surface area contributed by atoms with Crippen molar-refractivity contribution in [2.75, 3.05) is 25.4 Å². The van der Waals surface area contributed by atoms with E-state index in [4.69, 9.17) is 4.99 Å². The van der Waals surface area contributed by atoms with Crippen molar-refractivity contribution in [3.8, 4) is 0 Å². The zero-order valence-corrected chi connectivity index (χ0v) is 20.9. The Hall–Kier alpha value is 0.110. The summed E-state index contributed by atoms with van der Waals surface area (Å²) in [6, 6.07) is 1.55. The van der Waals surface area contributed by atoms with Crippen LogP contribution in [0.4, 0.5) is 0 Å². The molecule has 2 fully saturated rings. The third-order valence-corrected chi connectivity index (χ3v) is 7.64. The Morgan fingerprint density at radius 1 is 1.22 bits per heavy atom. The fraction of sp³-hybridized carbons (Fsp3) is 0.950. The molecular formula is C20H41IN4OS. The lowest BCUT2D eigenvalue weighted by molar-refractivity contribution is 0.118. The molecule has 7 heteroatoms. The molecule has 27 heavy (non-hydrogen) atoms. The van der Waals surface area contributed by atoms with Crippen molar-refractivity contribution in [3.05, 3.63) is 0 Å². The number of halogens is 1. The van der Waals surface area contributed by atoms with Gasteiger partial charge in [0, 0.05) is 46.5 Å².